The van der Waals surface area contributed by atoms with Crippen LogP contribution in [0.5, 0.6) is 0 Å². The van der Waals surface area contributed by atoms with Gasteiger partial charge in [0.05, 0.1) is 25.5 Å². The van der Waals surface area contributed by atoms with Crippen LogP contribution in [0.4, 0.5) is 4.39 Å². The molecule has 1 aliphatic rings. The minimum atomic E-state index is -0.358. The third kappa shape index (κ3) is 3.97. The fourth-order valence-electron chi connectivity index (χ4n) is 2.67. The standard InChI is InChI=1S/C17H19FN2O3/c18-14-5-3-13(4-6-14)17(21)19-12-15(16-2-1-9-23-16)20-7-10-22-11-8-20/h1-6,9,15H,7-8,10-12H2,(H,19,21)/t15-/m0/s1. The summed E-state index contributed by atoms with van der Waals surface area (Å²) in [5.41, 5.74) is 0.437. The van der Waals surface area contributed by atoms with Crippen LogP contribution in [-0.4, -0.2) is 43.7 Å². The van der Waals surface area contributed by atoms with Crippen LogP contribution in [0.15, 0.2) is 47.1 Å². The van der Waals surface area contributed by atoms with E-state index in [4.69, 9.17) is 9.15 Å². The molecule has 1 aromatic heterocycles. The topological polar surface area (TPSA) is 54.7 Å². The molecule has 3 rings (SSSR count). The highest BCUT2D eigenvalue weighted by atomic mass is 19.1. The molecule has 2 aromatic rings. The predicted molar refractivity (Wildman–Crippen MR) is 82.6 cm³/mol. The maximum atomic E-state index is 12.9. The molecule has 0 radical (unpaired) electrons. The van der Waals surface area contributed by atoms with E-state index >= 15 is 0 Å². The fourth-order valence-corrected chi connectivity index (χ4v) is 2.67. The molecule has 1 N–H and O–H groups in total. The van der Waals surface area contributed by atoms with Crippen molar-refractivity contribution < 1.29 is 18.3 Å². The molecular weight excluding hydrogens is 299 g/mol. The van der Waals surface area contributed by atoms with E-state index in [0.717, 1.165) is 18.8 Å². The summed E-state index contributed by atoms with van der Waals surface area (Å²) < 4.78 is 23.8. The lowest BCUT2D eigenvalue weighted by molar-refractivity contribution is 0.0118. The average Bonchev–Trinajstić information content (AvgIpc) is 3.11. The fraction of sp³-hybridized carbons (Fsp3) is 0.353. The Hall–Kier alpha value is -2.18. The number of amides is 1. The maximum Gasteiger partial charge on any atom is 0.251 e. The highest BCUT2D eigenvalue weighted by molar-refractivity contribution is 5.94. The first-order chi connectivity index (χ1) is 11.2. The molecular formula is C17H19FN2O3. The number of carbonyl (C=O) groups is 1. The number of ether oxygens (including phenoxy) is 1. The maximum absolute atomic E-state index is 12.9. The molecule has 0 aliphatic carbocycles. The zero-order valence-electron chi connectivity index (χ0n) is 12.7. The van der Waals surface area contributed by atoms with Gasteiger partial charge in [0, 0.05) is 25.2 Å². The lowest BCUT2D eigenvalue weighted by Gasteiger charge is -2.33. The molecule has 1 aromatic carbocycles. The van der Waals surface area contributed by atoms with Crippen molar-refractivity contribution in [3.05, 3.63) is 59.8 Å². The van der Waals surface area contributed by atoms with E-state index in [1.807, 2.05) is 12.1 Å². The van der Waals surface area contributed by atoms with Gasteiger partial charge < -0.3 is 14.5 Å². The van der Waals surface area contributed by atoms with E-state index in [9.17, 15) is 9.18 Å². The number of furan rings is 1. The molecule has 0 saturated carbocycles. The van der Waals surface area contributed by atoms with Gasteiger partial charge in [-0.1, -0.05) is 0 Å². The van der Waals surface area contributed by atoms with Crippen LogP contribution in [0.3, 0.4) is 0 Å². The molecule has 1 atom stereocenters. The average molecular weight is 318 g/mol. The lowest BCUT2D eigenvalue weighted by atomic mass is 10.1. The van der Waals surface area contributed by atoms with Crippen LogP contribution in [0.2, 0.25) is 0 Å². The van der Waals surface area contributed by atoms with Crippen LogP contribution in [0, 0.1) is 5.82 Å². The van der Waals surface area contributed by atoms with Crippen LogP contribution >= 0.6 is 0 Å². The van der Waals surface area contributed by atoms with E-state index in [-0.39, 0.29) is 17.8 Å². The van der Waals surface area contributed by atoms with E-state index in [2.05, 4.69) is 10.2 Å². The van der Waals surface area contributed by atoms with E-state index < -0.39 is 0 Å². The van der Waals surface area contributed by atoms with Gasteiger partial charge in [0.25, 0.3) is 5.91 Å². The third-order valence-corrected chi connectivity index (χ3v) is 3.92. The van der Waals surface area contributed by atoms with Gasteiger partial charge >= 0.3 is 0 Å². The van der Waals surface area contributed by atoms with Gasteiger partial charge in [0.1, 0.15) is 11.6 Å². The first-order valence-electron chi connectivity index (χ1n) is 7.63. The van der Waals surface area contributed by atoms with Gasteiger partial charge in [-0.2, -0.15) is 0 Å². The van der Waals surface area contributed by atoms with Gasteiger partial charge in [-0.25, -0.2) is 4.39 Å². The second-order valence-corrected chi connectivity index (χ2v) is 5.40. The van der Waals surface area contributed by atoms with Crippen molar-refractivity contribution in [1.82, 2.24) is 10.2 Å². The van der Waals surface area contributed by atoms with Crippen molar-refractivity contribution >= 4 is 5.91 Å². The molecule has 0 unspecified atom stereocenters. The van der Waals surface area contributed by atoms with Gasteiger partial charge in [-0.15, -0.1) is 0 Å². The number of carbonyl (C=O) groups excluding carboxylic acids is 1. The largest absolute Gasteiger partial charge is 0.468 e. The lowest BCUT2D eigenvalue weighted by Crippen LogP contribution is -2.43. The highest BCUT2D eigenvalue weighted by Crippen LogP contribution is 2.21. The van der Waals surface area contributed by atoms with Gasteiger partial charge in [0.2, 0.25) is 0 Å². The predicted octanol–water partition coefficient (Wildman–Crippen LogP) is 2.22. The summed E-state index contributed by atoms with van der Waals surface area (Å²) in [6, 6.07) is 9.21. The number of hydrogen-bond acceptors (Lipinski definition) is 4. The second kappa shape index (κ2) is 7.39. The number of morpholine rings is 1. The van der Waals surface area contributed by atoms with Gasteiger partial charge in [0.15, 0.2) is 0 Å². The van der Waals surface area contributed by atoms with Crippen LogP contribution in [0.25, 0.3) is 0 Å². The highest BCUT2D eigenvalue weighted by Gasteiger charge is 2.25. The zero-order chi connectivity index (χ0) is 16.1. The quantitative estimate of drug-likeness (QED) is 0.918. The van der Waals surface area contributed by atoms with Gasteiger partial charge in [-0.3, -0.25) is 9.69 Å². The second-order valence-electron chi connectivity index (χ2n) is 5.40. The molecule has 1 amide bonds. The molecule has 1 fully saturated rings. The summed E-state index contributed by atoms with van der Waals surface area (Å²) in [5.74, 6) is 0.226. The van der Waals surface area contributed by atoms with Crippen molar-refractivity contribution in [1.29, 1.82) is 0 Å². The van der Waals surface area contributed by atoms with Crippen molar-refractivity contribution in [2.45, 2.75) is 6.04 Å². The Bertz CT molecular complexity index is 622. The molecule has 6 heteroatoms. The van der Waals surface area contributed by atoms with Crippen molar-refractivity contribution in [3.63, 3.8) is 0 Å². The van der Waals surface area contributed by atoms with E-state index in [0.29, 0.717) is 25.3 Å². The number of nitrogens with zero attached hydrogens (tertiary/aromatic N) is 1. The summed E-state index contributed by atoms with van der Waals surface area (Å²) in [6.07, 6.45) is 1.63. The first kappa shape index (κ1) is 15.7. The Kier molecular flexibility index (Phi) is 5.05. The molecule has 0 bridgehead atoms. The molecule has 122 valence electrons. The van der Waals surface area contributed by atoms with Crippen molar-refractivity contribution in [2.75, 3.05) is 32.8 Å². The smallest absolute Gasteiger partial charge is 0.251 e. The molecule has 5 nitrogen and oxygen atoms in total. The minimum Gasteiger partial charge on any atom is -0.468 e. The van der Waals surface area contributed by atoms with Crippen LogP contribution in [0.1, 0.15) is 22.2 Å². The van der Waals surface area contributed by atoms with Crippen molar-refractivity contribution in [3.8, 4) is 0 Å². The number of hydrogen-bond donors (Lipinski definition) is 1. The molecule has 1 aliphatic heterocycles. The van der Waals surface area contributed by atoms with E-state index in [1.54, 1.807) is 6.26 Å². The summed E-state index contributed by atoms with van der Waals surface area (Å²) in [5, 5.41) is 2.90. The summed E-state index contributed by atoms with van der Waals surface area (Å²) in [7, 11) is 0. The number of nitrogens with one attached hydrogen (secondary N) is 1. The van der Waals surface area contributed by atoms with Gasteiger partial charge in [-0.05, 0) is 36.4 Å². The molecule has 2 heterocycles. The number of rotatable bonds is 5. The first-order valence-corrected chi connectivity index (χ1v) is 7.63. The summed E-state index contributed by atoms with van der Waals surface area (Å²) in [6.45, 7) is 3.34. The monoisotopic (exact) mass is 318 g/mol. The Morgan fingerprint density at radius 3 is 2.61 bits per heavy atom. The normalized spacial score (nSPS) is 16.9. The minimum absolute atomic E-state index is 0.0432. The Labute approximate surface area is 134 Å². The third-order valence-electron chi connectivity index (χ3n) is 3.92. The van der Waals surface area contributed by atoms with Crippen molar-refractivity contribution in [2.24, 2.45) is 0 Å². The summed E-state index contributed by atoms with van der Waals surface area (Å²) >= 11 is 0. The zero-order valence-corrected chi connectivity index (χ0v) is 12.7. The van der Waals surface area contributed by atoms with E-state index in [1.165, 1.54) is 24.3 Å². The molecule has 0 spiro atoms. The Morgan fingerprint density at radius 2 is 1.96 bits per heavy atom. The summed E-state index contributed by atoms with van der Waals surface area (Å²) in [4.78, 5) is 14.4. The SMILES string of the molecule is O=C(NC[C@@H](c1ccco1)N1CCOCC1)c1ccc(F)cc1. The Morgan fingerprint density at radius 1 is 1.22 bits per heavy atom. The molecule has 1 saturated heterocycles. The number of benzene rings is 1. The Balaban J connectivity index is 1.66. The molecule has 23 heavy (non-hydrogen) atoms. The van der Waals surface area contributed by atoms with Crippen LogP contribution < -0.4 is 5.32 Å². The number of halogens is 1. The van der Waals surface area contributed by atoms with Crippen LogP contribution in [-0.2, 0) is 4.74 Å².